The number of carbonyl (C=O) groups is 2. The highest BCUT2D eigenvalue weighted by Crippen LogP contribution is 2.30. The monoisotopic (exact) mass is 549 g/mol. The number of likely N-dealkylation sites (N-methyl/N-ethyl adjacent to an activating group) is 1. The second kappa shape index (κ2) is 12.8. The Kier molecular flexibility index (Phi) is 9.05. The minimum Gasteiger partial charge on any atom is -0.483 e. The topological polar surface area (TPSA) is 109 Å². The number of aromatic amines is 1. The molecule has 208 valence electrons. The van der Waals surface area contributed by atoms with Gasteiger partial charge in [0.05, 0.1) is 6.54 Å². The molecule has 0 unspecified atom stereocenters. The molecule has 2 heterocycles. The van der Waals surface area contributed by atoms with Crippen molar-refractivity contribution in [3.63, 3.8) is 0 Å². The van der Waals surface area contributed by atoms with E-state index in [9.17, 15) is 23.2 Å². The molecule has 0 radical (unpaired) electrons. The van der Waals surface area contributed by atoms with Gasteiger partial charge in [-0.3, -0.25) is 14.4 Å². The van der Waals surface area contributed by atoms with Crippen LogP contribution in [0.5, 0.6) is 5.75 Å². The third kappa shape index (κ3) is 6.99. The number of amides is 2. The summed E-state index contributed by atoms with van der Waals surface area (Å²) in [5.74, 6) is -2.20. The van der Waals surface area contributed by atoms with E-state index >= 15 is 0 Å². The first-order chi connectivity index (χ1) is 19.2. The van der Waals surface area contributed by atoms with E-state index in [1.807, 2.05) is 30.3 Å². The van der Waals surface area contributed by atoms with Gasteiger partial charge >= 0.3 is 0 Å². The molecule has 0 saturated heterocycles. The zero-order valence-electron chi connectivity index (χ0n) is 22.1. The lowest BCUT2D eigenvalue weighted by Gasteiger charge is -2.08. The zero-order valence-corrected chi connectivity index (χ0v) is 22.1. The van der Waals surface area contributed by atoms with E-state index in [4.69, 9.17) is 4.74 Å². The molecule has 2 N–H and O–H groups in total. The van der Waals surface area contributed by atoms with E-state index in [0.717, 1.165) is 11.6 Å². The number of aromatic nitrogens is 3. The SMILES string of the molecule is CN(C)C(=O)/C=C/CCCC(=O)Nc1cccn(Cc2nc3c(OCc4ccccc4)c(F)cc(F)c3[nH]2)c1=O. The minimum atomic E-state index is -0.888. The summed E-state index contributed by atoms with van der Waals surface area (Å²) in [7, 11) is 3.30. The van der Waals surface area contributed by atoms with Crippen LogP contribution in [0.2, 0.25) is 0 Å². The van der Waals surface area contributed by atoms with Gasteiger partial charge in [0.15, 0.2) is 17.4 Å². The second-order valence-corrected chi connectivity index (χ2v) is 9.28. The third-order valence-electron chi connectivity index (χ3n) is 5.99. The molecule has 0 atom stereocenters. The van der Waals surface area contributed by atoms with Crippen LogP contribution in [0.15, 0.2) is 71.7 Å². The number of halogens is 2. The fraction of sp³-hybridized carbons (Fsp3) is 0.241. The number of carbonyl (C=O) groups excluding carboxylic acids is 2. The standard InChI is InChI=1S/C29H29F2N5O4/c1-35(2)25(38)14-8-4-7-13-24(37)32-22-12-9-15-36(29(22)39)17-23-33-26-20(30)16-21(31)28(27(26)34-23)40-18-19-10-5-3-6-11-19/h3,5-6,8-12,14-16H,4,7,13,17-18H2,1-2H3,(H,32,37)(H,33,34)/b14-8+. The van der Waals surface area contributed by atoms with Crippen LogP contribution in [0.1, 0.15) is 30.7 Å². The van der Waals surface area contributed by atoms with Crippen molar-refractivity contribution in [1.29, 1.82) is 0 Å². The summed E-state index contributed by atoms with van der Waals surface area (Å²) >= 11 is 0. The van der Waals surface area contributed by atoms with Gasteiger partial charge in [-0.15, -0.1) is 0 Å². The molecule has 2 amide bonds. The van der Waals surface area contributed by atoms with Crippen molar-refractivity contribution in [2.75, 3.05) is 19.4 Å². The molecular weight excluding hydrogens is 520 g/mol. The van der Waals surface area contributed by atoms with Crippen molar-refractivity contribution in [2.24, 2.45) is 0 Å². The Morgan fingerprint density at radius 3 is 2.65 bits per heavy atom. The largest absolute Gasteiger partial charge is 0.483 e. The Hall–Kier alpha value is -4.80. The summed E-state index contributed by atoms with van der Waals surface area (Å²) in [6, 6.07) is 12.9. The van der Waals surface area contributed by atoms with Gasteiger partial charge < -0.3 is 24.5 Å². The van der Waals surface area contributed by atoms with Crippen LogP contribution in [-0.2, 0) is 22.7 Å². The number of pyridine rings is 1. The first-order valence-electron chi connectivity index (χ1n) is 12.6. The summed E-state index contributed by atoms with van der Waals surface area (Å²) in [6.07, 6.45) is 5.85. The van der Waals surface area contributed by atoms with E-state index in [-0.39, 0.29) is 59.7 Å². The van der Waals surface area contributed by atoms with Gasteiger partial charge in [0.2, 0.25) is 11.8 Å². The molecule has 0 spiro atoms. The summed E-state index contributed by atoms with van der Waals surface area (Å²) in [6.45, 7) is -0.0203. The van der Waals surface area contributed by atoms with Crippen molar-refractivity contribution >= 4 is 28.5 Å². The minimum absolute atomic E-state index is 0.0257. The summed E-state index contributed by atoms with van der Waals surface area (Å²) in [4.78, 5) is 45.4. The normalized spacial score (nSPS) is 11.2. The van der Waals surface area contributed by atoms with E-state index in [2.05, 4.69) is 15.3 Å². The van der Waals surface area contributed by atoms with Gasteiger partial charge in [-0.25, -0.2) is 13.8 Å². The Balaban J connectivity index is 1.44. The van der Waals surface area contributed by atoms with Crippen LogP contribution in [0.4, 0.5) is 14.5 Å². The van der Waals surface area contributed by atoms with Crippen molar-refractivity contribution in [2.45, 2.75) is 32.4 Å². The maximum absolute atomic E-state index is 14.6. The number of benzene rings is 2. The first-order valence-corrected chi connectivity index (χ1v) is 12.6. The number of fused-ring (bicyclic) bond motifs is 1. The maximum atomic E-state index is 14.6. The Bertz CT molecular complexity index is 1600. The van der Waals surface area contributed by atoms with Gasteiger partial charge in [0, 0.05) is 32.8 Å². The number of unbranched alkanes of at least 4 members (excludes halogenated alkanes) is 1. The molecule has 11 heteroatoms. The Morgan fingerprint density at radius 2 is 1.90 bits per heavy atom. The number of nitrogens with zero attached hydrogens (tertiary/aromatic N) is 3. The molecule has 0 bridgehead atoms. The van der Waals surface area contributed by atoms with E-state index in [1.165, 1.54) is 27.8 Å². The zero-order chi connectivity index (χ0) is 28.6. The predicted octanol–water partition coefficient (Wildman–Crippen LogP) is 4.38. The molecule has 0 saturated carbocycles. The van der Waals surface area contributed by atoms with Gasteiger partial charge in [-0.2, -0.15) is 0 Å². The number of nitrogens with one attached hydrogen (secondary N) is 2. The van der Waals surface area contributed by atoms with Crippen LogP contribution >= 0.6 is 0 Å². The highest BCUT2D eigenvalue weighted by atomic mass is 19.1. The van der Waals surface area contributed by atoms with Crippen molar-refractivity contribution < 1.29 is 23.1 Å². The van der Waals surface area contributed by atoms with Crippen molar-refractivity contribution in [3.8, 4) is 5.75 Å². The molecule has 40 heavy (non-hydrogen) atoms. The van der Waals surface area contributed by atoms with Gasteiger partial charge in [0.25, 0.3) is 5.56 Å². The number of hydrogen-bond donors (Lipinski definition) is 2. The lowest BCUT2D eigenvalue weighted by Crippen LogP contribution is -2.26. The van der Waals surface area contributed by atoms with E-state index < -0.39 is 17.2 Å². The van der Waals surface area contributed by atoms with Gasteiger partial charge in [-0.1, -0.05) is 36.4 Å². The molecule has 2 aromatic heterocycles. The van der Waals surface area contributed by atoms with Gasteiger partial charge in [0.1, 0.15) is 29.2 Å². The second-order valence-electron chi connectivity index (χ2n) is 9.28. The van der Waals surface area contributed by atoms with Crippen molar-refractivity contribution in [3.05, 3.63) is 100 Å². The number of hydrogen-bond acceptors (Lipinski definition) is 5. The molecule has 0 aliphatic heterocycles. The summed E-state index contributed by atoms with van der Waals surface area (Å²) in [5, 5.41) is 2.61. The molecule has 4 aromatic rings. The third-order valence-corrected chi connectivity index (χ3v) is 5.99. The first kappa shape index (κ1) is 28.2. The van der Waals surface area contributed by atoms with Crippen molar-refractivity contribution in [1.82, 2.24) is 19.4 Å². The predicted molar refractivity (Wildman–Crippen MR) is 147 cm³/mol. The highest BCUT2D eigenvalue weighted by molar-refractivity contribution is 5.90. The average molecular weight is 550 g/mol. The molecular formula is C29H29F2N5O4. The number of H-pyrrole nitrogens is 1. The molecule has 0 aliphatic carbocycles. The lowest BCUT2D eigenvalue weighted by molar-refractivity contribution is -0.123. The molecule has 0 fully saturated rings. The smallest absolute Gasteiger partial charge is 0.274 e. The van der Waals surface area contributed by atoms with Crippen LogP contribution in [0.25, 0.3) is 11.0 Å². The number of allylic oxidation sites excluding steroid dienone is 1. The number of imidazole rings is 1. The fourth-order valence-corrected chi connectivity index (χ4v) is 3.91. The average Bonchev–Trinajstić information content (AvgIpc) is 3.35. The summed E-state index contributed by atoms with van der Waals surface area (Å²) in [5.41, 5.74) is 0.322. The molecule has 4 rings (SSSR count). The molecule has 0 aliphatic rings. The van der Waals surface area contributed by atoms with Crippen LogP contribution in [0.3, 0.4) is 0 Å². The van der Waals surface area contributed by atoms with Crippen LogP contribution in [-0.4, -0.2) is 45.3 Å². The molecule has 9 nitrogen and oxygen atoms in total. The van der Waals surface area contributed by atoms with E-state index in [1.54, 1.807) is 26.2 Å². The number of anilines is 1. The maximum Gasteiger partial charge on any atom is 0.274 e. The number of ether oxygens (including phenoxy) is 1. The summed E-state index contributed by atoms with van der Waals surface area (Å²) < 4.78 is 36.1. The fourth-order valence-electron chi connectivity index (χ4n) is 3.91. The van der Waals surface area contributed by atoms with Crippen LogP contribution < -0.4 is 15.6 Å². The molecule has 2 aromatic carbocycles. The number of rotatable bonds is 11. The van der Waals surface area contributed by atoms with Gasteiger partial charge in [-0.05, 0) is 36.6 Å². The quantitative estimate of drug-likeness (QED) is 0.213. The Morgan fingerprint density at radius 1 is 1.12 bits per heavy atom. The Labute approximate surface area is 229 Å². The van der Waals surface area contributed by atoms with Crippen LogP contribution in [0, 0.1) is 11.6 Å². The lowest BCUT2D eigenvalue weighted by atomic mass is 10.2. The van der Waals surface area contributed by atoms with E-state index in [0.29, 0.717) is 12.8 Å². The highest BCUT2D eigenvalue weighted by Gasteiger charge is 2.19.